The van der Waals surface area contributed by atoms with Gasteiger partial charge in [0.1, 0.15) is 17.1 Å². The number of hydrogen-bond donors (Lipinski definition) is 3. The van der Waals surface area contributed by atoms with Gasteiger partial charge in [0.2, 0.25) is 5.88 Å². The fraction of sp³-hybridized carbons (Fsp3) is 0.538. The Kier molecular flexibility index (Phi) is 6.93. The second-order valence-electron chi connectivity index (χ2n) is 10.1. The summed E-state index contributed by atoms with van der Waals surface area (Å²) >= 11 is 0. The maximum Gasteiger partial charge on any atom is 0.254 e. The fourth-order valence-electron chi connectivity index (χ4n) is 4.97. The second-order valence-corrected chi connectivity index (χ2v) is 10.1. The zero-order valence-corrected chi connectivity index (χ0v) is 20.5. The number of pyridine rings is 1. The van der Waals surface area contributed by atoms with Gasteiger partial charge in [0.15, 0.2) is 0 Å². The molecule has 4 heterocycles. The number of rotatable bonds is 7. The Balaban J connectivity index is 1.12. The number of carbonyl (C=O) groups is 1. The number of ether oxygens (including phenoxy) is 2. The van der Waals surface area contributed by atoms with E-state index in [1.807, 2.05) is 30.5 Å². The van der Waals surface area contributed by atoms with Crippen molar-refractivity contribution in [3.63, 3.8) is 0 Å². The Labute approximate surface area is 206 Å². The predicted molar refractivity (Wildman–Crippen MR) is 131 cm³/mol. The molecule has 9 nitrogen and oxygen atoms in total. The molecule has 0 aliphatic carbocycles. The number of nitrogens with zero attached hydrogens (tertiary/aromatic N) is 3. The molecule has 0 bridgehead atoms. The van der Waals surface area contributed by atoms with Crippen molar-refractivity contribution in [2.75, 3.05) is 45.9 Å². The van der Waals surface area contributed by atoms with Crippen molar-refractivity contribution in [1.29, 1.82) is 0 Å². The third-order valence-electron chi connectivity index (χ3n) is 7.06. The molecule has 2 saturated heterocycles. The zero-order chi connectivity index (χ0) is 24.4. The van der Waals surface area contributed by atoms with Crippen LogP contribution in [-0.2, 0) is 4.79 Å². The van der Waals surface area contributed by atoms with Crippen LogP contribution >= 0.6 is 0 Å². The SMILES string of the molecule is CC(C)(O)C(=O)N1CCN(CCC2COc3cc(Oc4ccc(C5CCNN5)cn4)ccc32)CC1. The molecule has 1 amide bonds. The highest BCUT2D eigenvalue weighted by atomic mass is 16.5. The Morgan fingerprint density at radius 3 is 2.74 bits per heavy atom. The molecular formula is C26H35N5O4. The predicted octanol–water partition coefficient (Wildman–Crippen LogP) is 2.19. The minimum atomic E-state index is -1.31. The van der Waals surface area contributed by atoms with Gasteiger partial charge in [-0.15, -0.1) is 0 Å². The molecule has 3 aliphatic heterocycles. The van der Waals surface area contributed by atoms with Crippen LogP contribution in [0.4, 0.5) is 0 Å². The van der Waals surface area contributed by atoms with Crippen molar-refractivity contribution in [2.24, 2.45) is 0 Å². The van der Waals surface area contributed by atoms with E-state index in [1.165, 1.54) is 5.56 Å². The maximum atomic E-state index is 12.3. The average molecular weight is 482 g/mol. The molecule has 35 heavy (non-hydrogen) atoms. The van der Waals surface area contributed by atoms with Gasteiger partial charge in [-0.25, -0.2) is 4.98 Å². The van der Waals surface area contributed by atoms with Gasteiger partial charge in [0.05, 0.1) is 6.61 Å². The lowest BCUT2D eigenvalue weighted by Gasteiger charge is -2.37. The summed E-state index contributed by atoms with van der Waals surface area (Å²) in [6.07, 6.45) is 3.91. The lowest BCUT2D eigenvalue weighted by molar-refractivity contribution is -0.149. The van der Waals surface area contributed by atoms with Crippen molar-refractivity contribution < 1.29 is 19.4 Å². The normalized spacial score (nSPS) is 22.7. The number of aliphatic hydroxyl groups is 1. The molecule has 5 rings (SSSR count). The molecule has 1 aromatic heterocycles. The molecule has 1 aromatic carbocycles. The zero-order valence-electron chi connectivity index (χ0n) is 20.5. The molecule has 3 N–H and O–H groups in total. The maximum absolute atomic E-state index is 12.3. The number of benzene rings is 1. The van der Waals surface area contributed by atoms with Gasteiger partial charge in [0.25, 0.3) is 5.91 Å². The van der Waals surface area contributed by atoms with E-state index in [-0.39, 0.29) is 5.91 Å². The molecule has 2 unspecified atom stereocenters. The Morgan fingerprint density at radius 2 is 2.06 bits per heavy atom. The monoisotopic (exact) mass is 481 g/mol. The van der Waals surface area contributed by atoms with Gasteiger partial charge >= 0.3 is 0 Å². The summed E-state index contributed by atoms with van der Waals surface area (Å²) in [6.45, 7) is 8.66. The van der Waals surface area contributed by atoms with Gasteiger partial charge in [-0.05, 0) is 44.9 Å². The number of hydrogen-bond acceptors (Lipinski definition) is 8. The van der Waals surface area contributed by atoms with Crippen molar-refractivity contribution in [1.82, 2.24) is 25.6 Å². The first kappa shape index (κ1) is 24.0. The Morgan fingerprint density at radius 1 is 1.23 bits per heavy atom. The number of amides is 1. The molecule has 3 aliphatic rings. The van der Waals surface area contributed by atoms with E-state index in [0.717, 1.165) is 56.1 Å². The summed E-state index contributed by atoms with van der Waals surface area (Å²) < 4.78 is 12.0. The lowest BCUT2D eigenvalue weighted by atomic mass is 9.97. The number of carbonyl (C=O) groups excluding carboxylic acids is 1. The highest BCUT2D eigenvalue weighted by Crippen LogP contribution is 2.39. The van der Waals surface area contributed by atoms with Crippen LogP contribution in [0.1, 0.15) is 49.8 Å². The van der Waals surface area contributed by atoms with Crippen molar-refractivity contribution in [3.05, 3.63) is 47.7 Å². The van der Waals surface area contributed by atoms with Crippen LogP contribution in [0.3, 0.4) is 0 Å². The van der Waals surface area contributed by atoms with Crippen LogP contribution < -0.4 is 20.3 Å². The first-order chi connectivity index (χ1) is 16.9. The van der Waals surface area contributed by atoms with E-state index < -0.39 is 5.60 Å². The first-order valence-corrected chi connectivity index (χ1v) is 12.5. The molecule has 0 radical (unpaired) electrons. The van der Waals surface area contributed by atoms with Crippen LogP contribution in [0, 0.1) is 0 Å². The van der Waals surface area contributed by atoms with Gasteiger partial charge in [0, 0.05) is 68.6 Å². The second kappa shape index (κ2) is 10.1. The molecule has 9 heteroatoms. The van der Waals surface area contributed by atoms with Crippen LogP contribution in [0.2, 0.25) is 0 Å². The lowest BCUT2D eigenvalue weighted by Crippen LogP contribution is -2.54. The number of hydrazine groups is 1. The highest BCUT2D eigenvalue weighted by Gasteiger charge is 2.32. The summed E-state index contributed by atoms with van der Waals surface area (Å²) in [7, 11) is 0. The highest BCUT2D eigenvalue weighted by molar-refractivity contribution is 5.84. The molecule has 0 saturated carbocycles. The quantitative estimate of drug-likeness (QED) is 0.554. The largest absolute Gasteiger partial charge is 0.493 e. The van der Waals surface area contributed by atoms with E-state index in [0.29, 0.717) is 37.5 Å². The van der Waals surface area contributed by atoms with Crippen LogP contribution in [0.15, 0.2) is 36.5 Å². The Hall–Kier alpha value is -2.72. The number of fused-ring (bicyclic) bond motifs is 1. The summed E-state index contributed by atoms with van der Waals surface area (Å²) in [5.74, 6) is 2.32. The van der Waals surface area contributed by atoms with Gasteiger partial charge < -0.3 is 19.5 Å². The molecular weight excluding hydrogens is 446 g/mol. The molecule has 188 valence electrons. The molecule has 2 aromatic rings. The van der Waals surface area contributed by atoms with E-state index in [1.54, 1.807) is 18.7 Å². The van der Waals surface area contributed by atoms with Crippen LogP contribution in [0.25, 0.3) is 0 Å². The van der Waals surface area contributed by atoms with Crippen molar-refractivity contribution in [3.8, 4) is 17.4 Å². The van der Waals surface area contributed by atoms with Crippen LogP contribution in [-0.4, -0.2) is 77.3 Å². The Bertz CT molecular complexity index is 1030. The standard InChI is InChI=1S/C26H35N5O4/c1-26(2,33)25(32)31-13-11-30(12-14-31)10-8-19-17-34-23-15-20(4-5-21(19)23)35-24-6-3-18(16-27-24)22-7-9-28-29-22/h3-6,15-16,19,22,28-29,33H,7-14,17H2,1-2H3. The summed E-state index contributed by atoms with van der Waals surface area (Å²) in [6, 6.07) is 10.3. The van der Waals surface area contributed by atoms with E-state index in [2.05, 4.69) is 26.8 Å². The average Bonchev–Trinajstić information content (AvgIpc) is 3.53. The topological polar surface area (TPSA) is 99.2 Å². The van der Waals surface area contributed by atoms with E-state index >= 15 is 0 Å². The molecule has 2 fully saturated rings. The summed E-state index contributed by atoms with van der Waals surface area (Å²) in [4.78, 5) is 20.9. The number of nitrogens with one attached hydrogen (secondary N) is 2. The van der Waals surface area contributed by atoms with Crippen molar-refractivity contribution >= 4 is 5.91 Å². The fourth-order valence-corrected chi connectivity index (χ4v) is 4.97. The van der Waals surface area contributed by atoms with Crippen LogP contribution in [0.5, 0.6) is 17.4 Å². The van der Waals surface area contributed by atoms with E-state index in [4.69, 9.17) is 9.47 Å². The number of piperazine rings is 1. The summed E-state index contributed by atoms with van der Waals surface area (Å²) in [5.41, 5.74) is 7.44. The first-order valence-electron chi connectivity index (χ1n) is 12.5. The molecule has 0 spiro atoms. The minimum absolute atomic E-state index is 0.192. The van der Waals surface area contributed by atoms with Gasteiger partial charge in [-0.1, -0.05) is 12.1 Å². The minimum Gasteiger partial charge on any atom is -0.493 e. The van der Waals surface area contributed by atoms with Crippen molar-refractivity contribution in [2.45, 2.75) is 44.2 Å². The smallest absolute Gasteiger partial charge is 0.254 e. The number of aromatic nitrogens is 1. The van der Waals surface area contributed by atoms with E-state index in [9.17, 15) is 9.90 Å². The van der Waals surface area contributed by atoms with Gasteiger partial charge in [-0.3, -0.25) is 20.5 Å². The third kappa shape index (κ3) is 5.59. The summed E-state index contributed by atoms with van der Waals surface area (Å²) in [5, 5.41) is 9.96. The third-order valence-corrected chi connectivity index (χ3v) is 7.06. The molecule has 2 atom stereocenters. The van der Waals surface area contributed by atoms with Gasteiger partial charge in [-0.2, -0.15) is 0 Å².